The molecule has 0 radical (unpaired) electrons. The first-order chi connectivity index (χ1) is 9.49. The van der Waals surface area contributed by atoms with Crippen LogP contribution in [0.5, 0.6) is 0 Å². The molecule has 8 nitrogen and oxygen atoms in total. The maximum absolute atomic E-state index is 12.3. The second kappa shape index (κ2) is 4.55. The molecular weight excluding hydrogens is 264 g/mol. The Morgan fingerprint density at radius 1 is 1.50 bits per heavy atom. The third-order valence-electron chi connectivity index (χ3n) is 3.92. The quantitative estimate of drug-likeness (QED) is 0.832. The van der Waals surface area contributed by atoms with Crippen LogP contribution in [0.25, 0.3) is 0 Å². The first-order valence-electron chi connectivity index (χ1n) is 6.58. The lowest BCUT2D eigenvalue weighted by Crippen LogP contribution is -2.57. The highest BCUT2D eigenvalue weighted by atomic mass is 16.5. The molecule has 8 heteroatoms. The molecule has 20 heavy (non-hydrogen) atoms. The van der Waals surface area contributed by atoms with Crippen LogP contribution in [0, 0.1) is 0 Å². The van der Waals surface area contributed by atoms with Gasteiger partial charge in [0.1, 0.15) is 5.60 Å². The number of carbonyl (C=O) groups is 2. The van der Waals surface area contributed by atoms with E-state index in [2.05, 4.69) is 10.3 Å². The van der Waals surface area contributed by atoms with Crippen LogP contribution in [0.3, 0.4) is 0 Å². The average Bonchev–Trinajstić information content (AvgIpc) is 2.97. The molecule has 2 aliphatic heterocycles. The van der Waals surface area contributed by atoms with Crippen molar-refractivity contribution < 1.29 is 19.4 Å². The summed E-state index contributed by atoms with van der Waals surface area (Å²) in [5, 5.41) is 16.1. The molecule has 3 rings (SSSR count). The third-order valence-corrected chi connectivity index (χ3v) is 3.92. The second-order valence-electron chi connectivity index (χ2n) is 5.44. The fraction of sp³-hybridized carbons (Fsp3) is 0.667. The molecule has 2 saturated heterocycles. The highest BCUT2D eigenvalue weighted by Crippen LogP contribution is 2.31. The summed E-state index contributed by atoms with van der Waals surface area (Å²) in [5.41, 5.74) is -0.777. The van der Waals surface area contributed by atoms with Crippen LogP contribution >= 0.6 is 0 Å². The molecule has 0 spiro atoms. The Morgan fingerprint density at radius 2 is 2.25 bits per heavy atom. The first kappa shape index (κ1) is 13.0. The van der Waals surface area contributed by atoms with Crippen LogP contribution in [0.2, 0.25) is 0 Å². The lowest BCUT2D eigenvalue weighted by atomic mass is 9.97. The van der Waals surface area contributed by atoms with Gasteiger partial charge in [0, 0.05) is 19.7 Å². The smallest absolute Gasteiger partial charge is 0.358 e. The molecule has 1 atom stereocenters. The molecule has 1 unspecified atom stereocenters. The highest BCUT2D eigenvalue weighted by molar-refractivity contribution is 5.86. The van der Waals surface area contributed by atoms with Gasteiger partial charge in [0.15, 0.2) is 5.69 Å². The van der Waals surface area contributed by atoms with Crippen LogP contribution in [-0.4, -0.2) is 62.2 Å². The Balaban J connectivity index is 1.60. The molecule has 1 aromatic heterocycles. The Morgan fingerprint density at radius 3 is 2.80 bits per heavy atom. The van der Waals surface area contributed by atoms with E-state index in [9.17, 15) is 9.59 Å². The van der Waals surface area contributed by atoms with Crippen molar-refractivity contribution in [3.8, 4) is 0 Å². The van der Waals surface area contributed by atoms with Gasteiger partial charge in [-0.05, 0) is 19.8 Å². The van der Waals surface area contributed by atoms with Crippen molar-refractivity contribution in [1.82, 2.24) is 19.9 Å². The van der Waals surface area contributed by atoms with E-state index in [1.54, 1.807) is 4.90 Å². The van der Waals surface area contributed by atoms with Gasteiger partial charge in [-0.3, -0.25) is 4.79 Å². The normalized spacial score (nSPS) is 26.6. The van der Waals surface area contributed by atoms with Crippen LogP contribution in [0.1, 0.15) is 36.3 Å². The van der Waals surface area contributed by atoms with Gasteiger partial charge in [0.05, 0.1) is 12.2 Å². The molecule has 1 aromatic rings. The van der Waals surface area contributed by atoms with Crippen molar-refractivity contribution in [3.63, 3.8) is 0 Å². The van der Waals surface area contributed by atoms with Crippen molar-refractivity contribution in [2.24, 2.45) is 0 Å². The van der Waals surface area contributed by atoms with Crippen LogP contribution < -0.4 is 0 Å². The monoisotopic (exact) mass is 280 g/mol. The molecule has 0 aliphatic carbocycles. The van der Waals surface area contributed by atoms with E-state index in [0.29, 0.717) is 19.7 Å². The maximum atomic E-state index is 12.3. The largest absolute Gasteiger partial charge is 0.476 e. The summed E-state index contributed by atoms with van der Waals surface area (Å²) < 4.78 is 7.04. The predicted molar refractivity (Wildman–Crippen MR) is 66.2 cm³/mol. The van der Waals surface area contributed by atoms with Crippen molar-refractivity contribution in [3.05, 3.63) is 11.9 Å². The molecule has 3 heterocycles. The number of aromatic nitrogens is 3. The summed E-state index contributed by atoms with van der Waals surface area (Å²) in [6.45, 7) is 3.48. The van der Waals surface area contributed by atoms with Crippen molar-refractivity contribution in [1.29, 1.82) is 0 Å². The minimum atomic E-state index is -1.10. The minimum Gasteiger partial charge on any atom is -0.476 e. The Labute approximate surface area is 115 Å². The number of rotatable bonds is 3. The number of nitrogens with zero attached hydrogens (tertiary/aromatic N) is 4. The minimum absolute atomic E-state index is 0.00447. The van der Waals surface area contributed by atoms with Gasteiger partial charge in [0.25, 0.3) is 5.91 Å². The topological polar surface area (TPSA) is 97.6 Å². The molecule has 108 valence electrons. The Kier molecular flexibility index (Phi) is 2.97. The number of amides is 1. The molecular formula is C12H16N4O4. The number of carboxylic acids is 1. The van der Waals surface area contributed by atoms with Gasteiger partial charge in [-0.25, -0.2) is 9.48 Å². The fourth-order valence-electron chi connectivity index (χ4n) is 2.62. The summed E-state index contributed by atoms with van der Waals surface area (Å²) in [6, 6.07) is -0.00967. The lowest BCUT2D eigenvalue weighted by Gasteiger charge is -2.42. The van der Waals surface area contributed by atoms with E-state index < -0.39 is 11.6 Å². The fourth-order valence-corrected chi connectivity index (χ4v) is 2.62. The van der Waals surface area contributed by atoms with E-state index in [1.807, 2.05) is 6.92 Å². The number of hydrogen-bond donors (Lipinski definition) is 1. The number of aromatic carboxylic acids is 1. The Hall–Kier alpha value is -1.96. The van der Waals surface area contributed by atoms with E-state index in [0.717, 1.165) is 12.8 Å². The summed E-state index contributed by atoms with van der Waals surface area (Å²) in [5.74, 6) is -1.10. The lowest BCUT2D eigenvalue weighted by molar-refractivity contribution is -0.157. The summed E-state index contributed by atoms with van der Waals surface area (Å²) >= 11 is 0. The van der Waals surface area contributed by atoms with Crippen LogP contribution in [0.4, 0.5) is 0 Å². The molecule has 1 amide bonds. The number of carbonyl (C=O) groups excluding carboxylic acids is 1. The van der Waals surface area contributed by atoms with Gasteiger partial charge in [-0.2, -0.15) is 0 Å². The molecule has 0 aromatic carbocycles. The standard InChI is InChI=1S/C12H16N4O4/c1-12(3-2-4-20-12)11(19)15-5-8(6-15)16-7-9(10(17)18)13-14-16/h7-8H,2-6H2,1H3,(H,17,18). The van der Waals surface area contributed by atoms with Gasteiger partial charge in [0.2, 0.25) is 0 Å². The number of likely N-dealkylation sites (tertiary alicyclic amines) is 1. The predicted octanol–water partition coefficient (Wildman–Crippen LogP) is -0.0713. The van der Waals surface area contributed by atoms with E-state index >= 15 is 0 Å². The molecule has 2 fully saturated rings. The second-order valence-corrected chi connectivity index (χ2v) is 5.44. The first-order valence-corrected chi connectivity index (χ1v) is 6.58. The Bertz CT molecular complexity index is 543. The molecule has 0 bridgehead atoms. The third kappa shape index (κ3) is 2.05. The number of hydrogen-bond acceptors (Lipinski definition) is 5. The summed E-state index contributed by atoms with van der Waals surface area (Å²) in [4.78, 5) is 24.8. The van der Waals surface area contributed by atoms with E-state index in [-0.39, 0.29) is 17.6 Å². The number of carboxylic acid groups (broad SMARTS) is 1. The zero-order chi connectivity index (χ0) is 14.3. The summed E-state index contributed by atoms with van der Waals surface area (Å²) in [6.07, 6.45) is 3.05. The van der Waals surface area contributed by atoms with Gasteiger partial charge in [-0.1, -0.05) is 5.21 Å². The van der Waals surface area contributed by atoms with Gasteiger partial charge in [-0.15, -0.1) is 5.10 Å². The molecule has 2 aliphatic rings. The van der Waals surface area contributed by atoms with E-state index in [4.69, 9.17) is 9.84 Å². The van der Waals surface area contributed by atoms with Crippen LogP contribution in [-0.2, 0) is 9.53 Å². The van der Waals surface area contributed by atoms with E-state index in [1.165, 1.54) is 10.9 Å². The summed E-state index contributed by atoms with van der Waals surface area (Å²) in [7, 11) is 0. The van der Waals surface area contributed by atoms with Crippen molar-refractivity contribution in [2.45, 2.75) is 31.4 Å². The van der Waals surface area contributed by atoms with Gasteiger partial charge < -0.3 is 14.7 Å². The zero-order valence-corrected chi connectivity index (χ0v) is 11.2. The average molecular weight is 280 g/mol. The molecule has 0 saturated carbocycles. The SMILES string of the molecule is CC1(C(=O)N2CC(n3cc(C(=O)O)nn3)C2)CCCO1. The highest BCUT2D eigenvalue weighted by Gasteiger charge is 2.45. The van der Waals surface area contributed by atoms with Crippen LogP contribution in [0.15, 0.2) is 6.20 Å². The maximum Gasteiger partial charge on any atom is 0.358 e. The number of ether oxygens (including phenoxy) is 1. The molecule has 1 N–H and O–H groups in total. The van der Waals surface area contributed by atoms with Gasteiger partial charge >= 0.3 is 5.97 Å². The van der Waals surface area contributed by atoms with Crippen molar-refractivity contribution in [2.75, 3.05) is 19.7 Å². The van der Waals surface area contributed by atoms with Crippen molar-refractivity contribution >= 4 is 11.9 Å². The zero-order valence-electron chi connectivity index (χ0n) is 11.2.